The summed E-state index contributed by atoms with van der Waals surface area (Å²) >= 11 is 1.90. The molecule has 0 radical (unpaired) electrons. The zero-order chi connectivity index (χ0) is 19.5. The number of hydrogen-bond donors (Lipinski definition) is 0. The van der Waals surface area contributed by atoms with Crippen molar-refractivity contribution in [3.8, 4) is 5.75 Å². The van der Waals surface area contributed by atoms with Crippen molar-refractivity contribution in [2.24, 2.45) is 0 Å². The van der Waals surface area contributed by atoms with Crippen LogP contribution < -0.4 is 4.74 Å². The molecule has 1 aromatic carbocycles. The van der Waals surface area contributed by atoms with Gasteiger partial charge in [-0.05, 0) is 43.0 Å². The summed E-state index contributed by atoms with van der Waals surface area (Å²) in [5, 5.41) is 1.25. The van der Waals surface area contributed by atoms with Crippen molar-refractivity contribution in [3.63, 3.8) is 0 Å². The second kappa shape index (κ2) is 8.62. The molecule has 1 aromatic heterocycles. The Bertz CT molecular complexity index is 896. The van der Waals surface area contributed by atoms with Crippen LogP contribution in [0.4, 0.5) is 0 Å². The number of fused-ring (bicyclic) bond motifs is 2. The van der Waals surface area contributed by atoms with E-state index in [4.69, 9.17) is 9.72 Å². The average molecular weight is 395 g/mol. The second-order valence-corrected chi connectivity index (χ2v) is 8.86. The first-order valence-corrected chi connectivity index (χ1v) is 11.3. The zero-order valence-corrected chi connectivity index (χ0v) is 18.0. The molecule has 0 spiro atoms. The van der Waals surface area contributed by atoms with E-state index in [9.17, 15) is 0 Å². The van der Waals surface area contributed by atoms with Gasteiger partial charge in [-0.3, -0.25) is 4.90 Å². The van der Waals surface area contributed by atoms with Gasteiger partial charge in [0.05, 0.1) is 17.3 Å². The molecule has 2 aliphatic heterocycles. The predicted octanol–water partition coefficient (Wildman–Crippen LogP) is 5.65. The molecule has 0 bridgehead atoms. The maximum absolute atomic E-state index is 5.77. The van der Waals surface area contributed by atoms with Crippen molar-refractivity contribution in [3.05, 3.63) is 68.7 Å². The van der Waals surface area contributed by atoms with Crippen LogP contribution in [0.15, 0.2) is 42.0 Å². The molecule has 1 unspecified atom stereocenters. The van der Waals surface area contributed by atoms with Gasteiger partial charge in [0.25, 0.3) is 0 Å². The zero-order valence-electron chi connectivity index (χ0n) is 17.2. The third kappa shape index (κ3) is 4.08. The number of rotatable bonds is 6. The first-order valence-electron chi connectivity index (χ1n) is 10.5. The molecule has 2 aliphatic rings. The van der Waals surface area contributed by atoms with Crippen molar-refractivity contribution in [2.45, 2.75) is 59.0 Å². The van der Waals surface area contributed by atoms with Crippen LogP contribution in [-0.4, -0.2) is 23.0 Å². The summed E-state index contributed by atoms with van der Waals surface area (Å²) in [6, 6.07) is 7.17. The van der Waals surface area contributed by atoms with Gasteiger partial charge in [0.15, 0.2) is 0 Å². The van der Waals surface area contributed by atoms with Gasteiger partial charge in [-0.2, -0.15) is 0 Å². The lowest BCUT2D eigenvalue weighted by molar-refractivity contribution is 0.193. The number of allylic oxidation sites excluding steroid dienone is 4. The van der Waals surface area contributed by atoms with Crippen molar-refractivity contribution in [2.75, 3.05) is 13.2 Å². The topological polar surface area (TPSA) is 25.4 Å². The number of benzene rings is 1. The molecular formula is C24H30N2OS. The van der Waals surface area contributed by atoms with Crippen molar-refractivity contribution in [1.82, 2.24) is 9.88 Å². The van der Waals surface area contributed by atoms with Crippen LogP contribution >= 0.6 is 11.3 Å². The molecule has 2 aromatic rings. The fourth-order valence-electron chi connectivity index (χ4n) is 4.03. The summed E-state index contributed by atoms with van der Waals surface area (Å²) in [4.78, 5) is 8.98. The van der Waals surface area contributed by atoms with Gasteiger partial charge in [-0.1, -0.05) is 37.3 Å². The molecule has 0 N–H and O–H groups in total. The fourth-order valence-corrected chi connectivity index (χ4v) is 5.20. The van der Waals surface area contributed by atoms with Crippen LogP contribution in [0, 0.1) is 0 Å². The number of aromatic nitrogens is 1. The fraction of sp³-hybridized carbons (Fsp3) is 0.458. The van der Waals surface area contributed by atoms with E-state index in [1.165, 1.54) is 32.3 Å². The Morgan fingerprint density at radius 3 is 3.07 bits per heavy atom. The Balaban J connectivity index is 1.46. The highest BCUT2D eigenvalue weighted by Gasteiger charge is 2.25. The Morgan fingerprint density at radius 2 is 2.25 bits per heavy atom. The standard InChI is InChI=1S/C24H30N2OS/c1-4-6-7-18(5-2)14-24-25-21-10-12-26(16-23(21)28-24)17(3)20-9-8-19-11-13-27-22(19)15-20/h5-9,15,17H,4,10-14,16H2,1-3H3/b7-6-,18-5+. The Morgan fingerprint density at radius 1 is 1.36 bits per heavy atom. The van der Waals surface area contributed by atoms with Crippen LogP contribution in [-0.2, 0) is 25.8 Å². The van der Waals surface area contributed by atoms with Gasteiger partial charge in [-0.15, -0.1) is 11.3 Å². The Labute approximate surface area is 172 Å². The highest BCUT2D eigenvalue weighted by Crippen LogP contribution is 2.34. The van der Waals surface area contributed by atoms with Crippen LogP contribution in [0.2, 0.25) is 0 Å². The van der Waals surface area contributed by atoms with Gasteiger partial charge in [0.1, 0.15) is 5.75 Å². The molecular weight excluding hydrogens is 364 g/mol. The average Bonchev–Trinajstić information content (AvgIpc) is 3.35. The molecule has 0 amide bonds. The number of ether oxygens (including phenoxy) is 1. The maximum Gasteiger partial charge on any atom is 0.122 e. The molecule has 0 saturated carbocycles. The van der Waals surface area contributed by atoms with Gasteiger partial charge in [-0.25, -0.2) is 4.98 Å². The van der Waals surface area contributed by atoms with Crippen LogP contribution in [0.1, 0.15) is 59.9 Å². The van der Waals surface area contributed by atoms with E-state index >= 15 is 0 Å². The molecule has 4 heteroatoms. The molecule has 28 heavy (non-hydrogen) atoms. The summed E-state index contributed by atoms with van der Waals surface area (Å²) < 4.78 is 5.77. The van der Waals surface area contributed by atoms with E-state index in [0.717, 1.165) is 51.1 Å². The molecule has 3 nitrogen and oxygen atoms in total. The monoisotopic (exact) mass is 394 g/mol. The highest BCUT2D eigenvalue weighted by molar-refractivity contribution is 7.11. The Kier molecular flexibility index (Phi) is 5.98. The smallest absolute Gasteiger partial charge is 0.122 e. The molecule has 0 fully saturated rings. The summed E-state index contributed by atoms with van der Waals surface area (Å²) in [7, 11) is 0. The van der Waals surface area contributed by atoms with E-state index in [2.05, 4.69) is 62.1 Å². The minimum Gasteiger partial charge on any atom is -0.493 e. The van der Waals surface area contributed by atoms with Gasteiger partial charge in [0.2, 0.25) is 0 Å². The van der Waals surface area contributed by atoms with E-state index in [-0.39, 0.29) is 0 Å². The maximum atomic E-state index is 5.77. The van der Waals surface area contributed by atoms with Crippen molar-refractivity contribution in [1.29, 1.82) is 0 Å². The van der Waals surface area contributed by atoms with Gasteiger partial charge >= 0.3 is 0 Å². The lowest BCUT2D eigenvalue weighted by Gasteiger charge is -2.32. The third-order valence-electron chi connectivity index (χ3n) is 5.85. The van der Waals surface area contributed by atoms with Crippen LogP contribution in [0.25, 0.3) is 0 Å². The normalized spacial score (nSPS) is 18.2. The van der Waals surface area contributed by atoms with E-state index < -0.39 is 0 Å². The lowest BCUT2D eigenvalue weighted by atomic mass is 10.0. The quantitative estimate of drug-likeness (QED) is 0.592. The molecule has 148 valence electrons. The Hall–Kier alpha value is -1.91. The van der Waals surface area contributed by atoms with Crippen molar-refractivity contribution >= 4 is 11.3 Å². The van der Waals surface area contributed by atoms with E-state index in [1.54, 1.807) is 0 Å². The molecule has 0 aliphatic carbocycles. The minimum atomic E-state index is 0.395. The number of nitrogens with zero attached hydrogens (tertiary/aromatic N) is 2. The number of thiazole rings is 1. The minimum absolute atomic E-state index is 0.395. The van der Waals surface area contributed by atoms with Crippen LogP contribution in [0.5, 0.6) is 5.75 Å². The van der Waals surface area contributed by atoms with E-state index in [0.29, 0.717) is 6.04 Å². The summed E-state index contributed by atoms with van der Waals surface area (Å²) in [5.41, 5.74) is 5.38. The molecule has 3 heterocycles. The SMILES string of the molecule is C/C=C(\C=C/CC)Cc1nc2c(s1)CN(C(C)c1ccc3c(c1)OCC3)CC2. The van der Waals surface area contributed by atoms with Gasteiger partial charge < -0.3 is 4.74 Å². The predicted molar refractivity (Wildman–Crippen MR) is 117 cm³/mol. The summed E-state index contributed by atoms with van der Waals surface area (Å²) in [6.45, 7) is 9.51. The lowest BCUT2D eigenvalue weighted by Crippen LogP contribution is -2.32. The molecule has 1 atom stereocenters. The largest absolute Gasteiger partial charge is 0.493 e. The van der Waals surface area contributed by atoms with Crippen LogP contribution in [0.3, 0.4) is 0 Å². The molecule has 0 saturated heterocycles. The van der Waals surface area contributed by atoms with Gasteiger partial charge in [0, 0.05) is 43.3 Å². The molecule has 4 rings (SSSR count). The first-order chi connectivity index (χ1) is 13.7. The van der Waals surface area contributed by atoms with E-state index in [1.807, 2.05) is 11.3 Å². The third-order valence-corrected chi connectivity index (χ3v) is 6.93. The second-order valence-electron chi connectivity index (χ2n) is 7.69. The first kappa shape index (κ1) is 19.4. The van der Waals surface area contributed by atoms with Crippen molar-refractivity contribution < 1.29 is 4.74 Å². The number of hydrogen-bond acceptors (Lipinski definition) is 4. The highest BCUT2D eigenvalue weighted by atomic mass is 32.1. The summed E-state index contributed by atoms with van der Waals surface area (Å²) in [5.74, 6) is 1.08. The summed E-state index contributed by atoms with van der Waals surface area (Å²) in [6.07, 6.45) is 10.8.